The van der Waals surface area contributed by atoms with E-state index in [0.717, 1.165) is 17.5 Å². The molecule has 31 heavy (non-hydrogen) atoms. The Kier molecular flexibility index (Phi) is 9.66. The Balaban J connectivity index is 2.25. The van der Waals surface area contributed by atoms with Crippen LogP contribution in [0.25, 0.3) is 0 Å². The molecule has 2 aromatic carbocycles. The average molecular weight is 465 g/mol. The van der Waals surface area contributed by atoms with Gasteiger partial charge in [0.05, 0.1) is 0 Å². The van der Waals surface area contributed by atoms with Crippen molar-refractivity contribution in [3.05, 3.63) is 63.1 Å². The first-order valence-electron chi connectivity index (χ1n) is 10.5. The summed E-state index contributed by atoms with van der Waals surface area (Å²) in [7, 11) is 0. The molecule has 0 aliphatic rings. The van der Waals surface area contributed by atoms with Gasteiger partial charge in [0.1, 0.15) is 11.8 Å². The van der Waals surface area contributed by atoms with Crippen molar-refractivity contribution in [2.24, 2.45) is 0 Å². The first-order valence-corrected chi connectivity index (χ1v) is 11.2. The van der Waals surface area contributed by atoms with E-state index >= 15 is 0 Å². The molecule has 1 N–H and O–H groups in total. The highest BCUT2D eigenvalue weighted by molar-refractivity contribution is 6.35. The summed E-state index contributed by atoms with van der Waals surface area (Å²) < 4.78 is 5.80. The van der Waals surface area contributed by atoms with Crippen LogP contribution in [-0.2, 0) is 16.1 Å². The molecule has 0 aliphatic carbocycles. The molecule has 2 amide bonds. The number of nitrogens with zero attached hydrogens (tertiary/aromatic N) is 1. The second-order valence-electron chi connectivity index (χ2n) is 7.53. The highest BCUT2D eigenvalue weighted by atomic mass is 35.5. The second-order valence-corrected chi connectivity index (χ2v) is 8.37. The molecular formula is C24H30Cl2N2O3. The number of halogens is 2. The summed E-state index contributed by atoms with van der Waals surface area (Å²) in [6.07, 6.45) is 1.28. The van der Waals surface area contributed by atoms with Crippen LogP contribution in [0.5, 0.6) is 5.75 Å². The molecule has 0 saturated heterocycles. The Morgan fingerprint density at radius 1 is 1.10 bits per heavy atom. The third kappa shape index (κ3) is 7.15. The number of benzene rings is 2. The molecule has 2 aromatic rings. The monoisotopic (exact) mass is 464 g/mol. The minimum atomic E-state index is -0.631. The second kappa shape index (κ2) is 12.0. The lowest BCUT2D eigenvalue weighted by molar-refractivity contribution is -0.143. The van der Waals surface area contributed by atoms with Crippen molar-refractivity contribution < 1.29 is 14.3 Å². The lowest BCUT2D eigenvalue weighted by Crippen LogP contribution is -2.50. The molecule has 2 rings (SSSR count). The average Bonchev–Trinajstić information content (AvgIpc) is 2.72. The number of rotatable bonds is 10. The molecule has 168 valence electrons. The van der Waals surface area contributed by atoms with Crippen LogP contribution in [0.15, 0.2) is 36.4 Å². The van der Waals surface area contributed by atoms with Crippen LogP contribution in [0.1, 0.15) is 43.4 Å². The Hall–Kier alpha value is -2.24. The number of aryl methyl sites for hydroxylation is 2. The minimum absolute atomic E-state index is 0.174. The zero-order valence-electron chi connectivity index (χ0n) is 18.5. The fourth-order valence-corrected chi connectivity index (χ4v) is 3.77. The summed E-state index contributed by atoms with van der Waals surface area (Å²) in [5, 5.41) is 3.85. The Morgan fingerprint density at radius 2 is 1.84 bits per heavy atom. The van der Waals surface area contributed by atoms with Crippen molar-refractivity contribution in [2.75, 3.05) is 13.2 Å². The molecule has 0 heterocycles. The van der Waals surface area contributed by atoms with Crippen LogP contribution in [0.2, 0.25) is 10.0 Å². The summed E-state index contributed by atoms with van der Waals surface area (Å²) >= 11 is 12.4. The van der Waals surface area contributed by atoms with Gasteiger partial charge in [-0.25, -0.2) is 0 Å². The molecule has 5 nitrogen and oxygen atoms in total. The first-order chi connectivity index (χ1) is 14.8. The van der Waals surface area contributed by atoms with Gasteiger partial charge in [0.25, 0.3) is 5.91 Å². The maximum Gasteiger partial charge on any atom is 0.261 e. The largest absolute Gasteiger partial charge is 0.483 e. The molecule has 0 spiro atoms. The number of amides is 2. The molecule has 0 unspecified atom stereocenters. The zero-order valence-corrected chi connectivity index (χ0v) is 20.0. The number of carbonyl (C=O) groups excluding carboxylic acids is 2. The van der Waals surface area contributed by atoms with Gasteiger partial charge in [-0.1, -0.05) is 60.8 Å². The van der Waals surface area contributed by atoms with E-state index in [1.54, 1.807) is 18.2 Å². The first kappa shape index (κ1) is 25.0. The van der Waals surface area contributed by atoms with Crippen molar-refractivity contribution in [3.8, 4) is 5.75 Å². The molecule has 0 aromatic heterocycles. The van der Waals surface area contributed by atoms with Gasteiger partial charge in [-0.2, -0.15) is 0 Å². The van der Waals surface area contributed by atoms with E-state index < -0.39 is 6.04 Å². The van der Waals surface area contributed by atoms with Gasteiger partial charge in [-0.3, -0.25) is 9.59 Å². The molecule has 0 aliphatic heterocycles. The van der Waals surface area contributed by atoms with Crippen molar-refractivity contribution in [1.82, 2.24) is 10.2 Å². The van der Waals surface area contributed by atoms with Crippen LogP contribution in [0.4, 0.5) is 0 Å². The molecular weight excluding hydrogens is 435 g/mol. The third-order valence-corrected chi connectivity index (χ3v) is 5.56. The van der Waals surface area contributed by atoms with Gasteiger partial charge in [-0.05, 0) is 56.0 Å². The van der Waals surface area contributed by atoms with E-state index in [-0.39, 0.29) is 25.0 Å². The van der Waals surface area contributed by atoms with Crippen LogP contribution >= 0.6 is 23.2 Å². The van der Waals surface area contributed by atoms with E-state index in [2.05, 4.69) is 5.32 Å². The summed E-state index contributed by atoms with van der Waals surface area (Å²) in [6, 6.07) is 10.3. The smallest absolute Gasteiger partial charge is 0.261 e. The van der Waals surface area contributed by atoms with Gasteiger partial charge < -0.3 is 15.0 Å². The molecule has 0 saturated carbocycles. The number of hydrogen-bond acceptors (Lipinski definition) is 3. The van der Waals surface area contributed by atoms with Gasteiger partial charge in [0, 0.05) is 23.1 Å². The highest BCUT2D eigenvalue weighted by Crippen LogP contribution is 2.24. The highest BCUT2D eigenvalue weighted by Gasteiger charge is 2.29. The molecule has 1 atom stereocenters. The van der Waals surface area contributed by atoms with E-state index in [0.29, 0.717) is 34.3 Å². The van der Waals surface area contributed by atoms with Gasteiger partial charge in [-0.15, -0.1) is 0 Å². The SMILES string of the molecule is CCCNC(=O)[C@@H](CC)N(Cc1ccc(Cl)cc1Cl)C(=O)COc1ccc(C)cc1C. The Bertz CT molecular complexity index is 918. The number of ether oxygens (including phenoxy) is 1. The maximum atomic E-state index is 13.2. The normalized spacial score (nSPS) is 11.7. The van der Waals surface area contributed by atoms with Crippen LogP contribution in [-0.4, -0.2) is 35.9 Å². The summed E-state index contributed by atoms with van der Waals surface area (Å²) in [5.74, 6) is 0.172. The van der Waals surface area contributed by atoms with Crippen molar-refractivity contribution in [3.63, 3.8) is 0 Å². The topological polar surface area (TPSA) is 58.6 Å². The standard InChI is InChI=1S/C24H30Cl2N2O3/c1-5-11-27-24(30)21(6-2)28(14-18-8-9-19(25)13-20(18)26)23(29)15-31-22-10-7-16(3)12-17(22)4/h7-10,12-13,21H,5-6,11,14-15H2,1-4H3,(H,27,30)/t21-/m1/s1. The Labute approximate surface area is 194 Å². The number of nitrogens with one attached hydrogen (secondary N) is 1. The number of hydrogen-bond donors (Lipinski definition) is 1. The molecule has 0 bridgehead atoms. The lowest BCUT2D eigenvalue weighted by Gasteiger charge is -2.31. The van der Waals surface area contributed by atoms with Crippen LogP contribution in [0.3, 0.4) is 0 Å². The van der Waals surface area contributed by atoms with Crippen molar-refractivity contribution in [2.45, 2.75) is 53.1 Å². The predicted octanol–water partition coefficient (Wildman–Crippen LogP) is 5.32. The van der Waals surface area contributed by atoms with Gasteiger partial charge >= 0.3 is 0 Å². The summed E-state index contributed by atoms with van der Waals surface area (Å²) in [4.78, 5) is 27.5. The molecule has 0 fully saturated rings. The van der Waals surface area contributed by atoms with Gasteiger partial charge in [0.15, 0.2) is 6.61 Å². The van der Waals surface area contributed by atoms with E-state index in [4.69, 9.17) is 27.9 Å². The van der Waals surface area contributed by atoms with Gasteiger partial charge in [0.2, 0.25) is 5.91 Å². The minimum Gasteiger partial charge on any atom is -0.483 e. The maximum absolute atomic E-state index is 13.2. The van der Waals surface area contributed by atoms with E-state index in [9.17, 15) is 9.59 Å². The Morgan fingerprint density at radius 3 is 2.45 bits per heavy atom. The van der Waals surface area contributed by atoms with E-state index in [1.165, 1.54) is 4.90 Å². The van der Waals surface area contributed by atoms with Crippen LogP contribution < -0.4 is 10.1 Å². The fraction of sp³-hybridized carbons (Fsp3) is 0.417. The third-order valence-electron chi connectivity index (χ3n) is 4.97. The fourth-order valence-electron chi connectivity index (χ4n) is 3.30. The van der Waals surface area contributed by atoms with Crippen LogP contribution in [0, 0.1) is 13.8 Å². The van der Waals surface area contributed by atoms with E-state index in [1.807, 2.05) is 45.9 Å². The lowest BCUT2D eigenvalue weighted by atomic mass is 10.1. The van der Waals surface area contributed by atoms with Crippen molar-refractivity contribution >= 4 is 35.0 Å². The summed E-state index contributed by atoms with van der Waals surface area (Å²) in [5.41, 5.74) is 2.79. The predicted molar refractivity (Wildman–Crippen MR) is 126 cm³/mol. The molecule has 0 radical (unpaired) electrons. The van der Waals surface area contributed by atoms with Crippen molar-refractivity contribution in [1.29, 1.82) is 0 Å². The quantitative estimate of drug-likeness (QED) is 0.517. The molecule has 7 heteroatoms. The summed E-state index contributed by atoms with van der Waals surface area (Å²) in [6.45, 7) is 8.36. The number of carbonyl (C=O) groups is 2. The zero-order chi connectivity index (χ0) is 23.0.